The molecular formula is C14H14N4OS. The van der Waals surface area contributed by atoms with Gasteiger partial charge < -0.3 is 4.98 Å². The van der Waals surface area contributed by atoms with Crippen molar-refractivity contribution in [3.8, 4) is 11.4 Å². The van der Waals surface area contributed by atoms with E-state index in [-0.39, 0.29) is 5.56 Å². The Morgan fingerprint density at radius 3 is 3.00 bits per heavy atom. The maximum atomic E-state index is 12.4. The number of fused-ring (bicyclic) bond motifs is 3. The van der Waals surface area contributed by atoms with E-state index in [0.717, 1.165) is 28.6 Å². The Morgan fingerprint density at radius 1 is 1.35 bits per heavy atom. The molecule has 1 aliphatic rings. The lowest BCUT2D eigenvalue weighted by Crippen LogP contribution is -2.11. The van der Waals surface area contributed by atoms with Gasteiger partial charge in [-0.05, 0) is 31.2 Å². The molecule has 4 rings (SSSR count). The smallest absolute Gasteiger partial charge is 0.260 e. The van der Waals surface area contributed by atoms with Gasteiger partial charge in [-0.3, -0.25) is 9.48 Å². The van der Waals surface area contributed by atoms with Crippen LogP contribution in [0, 0.1) is 0 Å². The molecule has 0 amide bonds. The van der Waals surface area contributed by atoms with Gasteiger partial charge in [-0.15, -0.1) is 11.3 Å². The second-order valence-electron chi connectivity index (χ2n) is 5.21. The number of hydrogen-bond acceptors (Lipinski definition) is 4. The first kappa shape index (κ1) is 11.8. The van der Waals surface area contributed by atoms with Gasteiger partial charge in [0.1, 0.15) is 10.7 Å². The van der Waals surface area contributed by atoms with Crippen LogP contribution in [0.15, 0.2) is 17.2 Å². The fourth-order valence-electron chi connectivity index (χ4n) is 2.84. The Labute approximate surface area is 119 Å². The molecule has 20 heavy (non-hydrogen) atoms. The van der Waals surface area contributed by atoms with Crippen molar-refractivity contribution in [1.82, 2.24) is 19.7 Å². The lowest BCUT2D eigenvalue weighted by atomic mass is 9.97. The van der Waals surface area contributed by atoms with Crippen LogP contribution in [0.3, 0.4) is 0 Å². The Morgan fingerprint density at radius 2 is 2.20 bits per heavy atom. The highest BCUT2D eigenvalue weighted by atomic mass is 32.1. The summed E-state index contributed by atoms with van der Waals surface area (Å²) < 4.78 is 1.71. The number of aromatic nitrogens is 4. The van der Waals surface area contributed by atoms with Crippen LogP contribution in [0.2, 0.25) is 0 Å². The Kier molecular flexibility index (Phi) is 2.53. The molecule has 1 aliphatic carbocycles. The SMILES string of the molecule is Cn1cc(-c2nc3sc4c(c3c(=O)[nH]2)CCCC4)cn1. The quantitative estimate of drug-likeness (QED) is 0.746. The Hall–Kier alpha value is -1.95. The van der Waals surface area contributed by atoms with Crippen molar-refractivity contribution in [2.45, 2.75) is 25.7 Å². The molecule has 0 spiro atoms. The highest BCUT2D eigenvalue weighted by Crippen LogP contribution is 2.34. The minimum atomic E-state index is -0.0201. The number of rotatable bonds is 1. The van der Waals surface area contributed by atoms with Crippen molar-refractivity contribution in [3.05, 3.63) is 33.2 Å². The zero-order chi connectivity index (χ0) is 13.7. The Balaban J connectivity index is 1.97. The molecular weight excluding hydrogens is 272 g/mol. The second-order valence-corrected chi connectivity index (χ2v) is 6.29. The van der Waals surface area contributed by atoms with E-state index >= 15 is 0 Å². The van der Waals surface area contributed by atoms with E-state index in [1.54, 1.807) is 22.2 Å². The van der Waals surface area contributed by atoms with Crippen molar-refractivity contribution in [3.63, 3.8) is 0 Å². The van der Waals surface area contributed by atoms with Crippen LogP contribution in [0.1, 0.15) is 23.3 Å². The minimum absolute atomic E-state index is 0.0201. The lowest BCUT2D eigenvalue weighted by molar-refractivity contribution is 0.700. The molecule has 3 aromatic rings. The van der Waals surface area contributed by atoms with Crippen LogP contribution in [-0.2, 0) is 19.9 Å². The van der Waals surface area contributed by atoms with E-state index in [1.807, 2.05) is 13.2 Å². The fraction of sp³-hybridized carbons (Fsp3) is 0.357. The number of aryl methyl sites for hydroxylation is 3. The third-order valence-corrected chi connectivity index (χ3v) is 4.99. The standard InChI is InChI=1S/C14H14N4OS/c1-18-7-8(6-15-18)12-16-13(19)11-9-4-2-3-5-10(9)20-14(11)17-12/h6-7H,2-5H2,1H3,(H,16,17,19). The minimum Gasteiger partial charge on any atom is -0.306 e. The molecule has 0 saturated heterocycles. The molecule has 102 valence electrons. The molecule has 3 aromatic heterocycles. The second kappa shape index (κ2) is 4.28. The topological polar surface area (TPSA) is 63.6 Å². The molecule has 0 aromatic carbocycles. The predicted molar refractivity (Wildman–Crippen MR) is 79.1 cm³/mol. The van der Waals surface area contributed by atoms with E-state index in [9.17, 15) is 4.79 Å². The highest BCUT2D eigenvalue weighted by molar-refractivity contribution is 7.18. The van der Waals surface area contributed by atoms with Crippen molar-refractivity contribution in [2.24, 2.45) is 7.05 Å². The normalized spacial score (nSPS) is 14.7. The van der Waals surface area contributed by atoms with E-state index in [2.05, 4.69) is 15.1 Å². The number of aromatic amines is 1. The van der Waals surface area contributed by atoms with Crippen LogP contribution < -0.4 is 5.56 Å². The van der Waals surface area contributed by atoms with Gasteiger partial charge >= 0.3 is 0 Å². The molecule has 6 heteroatoms. The predicted octanol–water partition coefficient (Wildman–Crippen LogP) is 2.26. The average Bonchev–Trinajstić information content (AvgIpc) is 3.01. The molecule has 0 aliphatic heterocycles. The first-order valence-corrected chi connectivity index (χ1v) is 7.57. The van der Waals surface area contributed by atoms with Gasteiger partial charge in [0.15, 0.2) is 0 Å². The van der Waals surface area contributed by atoms with Gasteiger partial charge in [0.25, 0.3) is 5.56 Å². The van der Waals surface area contributed by atoms with Crippen molar-refractivity contribution in [1.29, 1.82) is 0 Å². The Bertz CT molecular complexity index is 858. The summed E-state index contributed by atoms with van der Waals surface area (Å²) in [7, 11) is 1.85. The summed E-state index contributed by atoms with van der Waals surface area (Å²) in [4.78, 5) is 22.1. The first-order chi connectivity index (χ1) is 9.72. The van der Waals surface area contributed by atoms with Gasteiger partial charge in [-0.2, -0.15) is 5.10 Å². The summed E-state index contributed by atoms with van der Waals surface area (Å²) in [5.74, 6) is 0.606. The van der Waals surface area contributed by atoms with Gasteiger partial charge in [0.05, 0.1) is 17.1 Å². The highest BCUT2D eigenvalue weighted by Gasteiger charge is 2.20. The molecule has 0 saturated carbocycles. The van der Waals surface area contributed by atoms with Crippen molar-refractivity contribution >= 4 is 21.6 Å². The third kappa shape index (κ3) is 1.71. The summed E-state index contributed by atoms with van der Waals surface area (Å²) in [5.41, 5.74) is 2.05. The third-order valence-electron chi connectivity index (χ3n) is 3.80. The number of hydrogen-bond donors (Lipinski definition) is 1. The number of thiophene rings is 1. The van der Waals surface area contributed by atoms with Crippen molar-refractivity contribution in [2.75, 3.05) is 0 Å². The van der Waals surface area contributed by atoms with Crippen LogP contribution >= 0.6 is 11.3 Å². The molecule has 0 bridgehead atoms. The molecule has 1 N–H and O–H groups in total. The molecule has 0 radical (unpaired) electrons. The van der Waals surface area contributed by atoms with Crippen LogP contribution in [0.5, 0.6) is 0 Å². The van der Waals surface area contributed by atoms with Crippen LogP contribution in [0.4, 0.5) is 0 Å². The molecule has 0 atom stereocenters. The number of nitrogens with one attached hydrogen (secondary N) is 1. The first-order valence-electron chi connectivity index (χ1n) is 6.76. The maximum absolute atomic E-state index is 12.4. The van der Waals surface area contributed by atoms with Crippen LogP contribution in [-0.4, -0.2) is 19.7 Å². The molecule has 0 fully saturated rings. The summed E-state index contributed by atoms with van der Waals surface area (Å²) >= 11 is 1.67. The maximum Gasteiger partial charge on any atom is 0.260 e. The van der Waals surface area contributed by atoms with E-state index < -0.39 is 0 Å². The van der Waals surface area contributed by atoms with Gasteiger partial charge in [-0.1, -0.05) is 0 Å². The van der Waals surface area contributed by atoms with E-state index in [0.29, 0.717) is 5.82 Å². The van der Waals surface area contributed by atoms with Gasteiger partial charge in [0, 0.05) is 18.1 Å². The summed E-state index contributed by atoms with van der Waals surface area (Å²) in [6.45, 7) is 0. The zero-order valence-electron chi connectivity index (χ0n) is 11.1. The zero-order valence-corrected chi connectivity index (χ0v) is 12.0. The molecule has 3 heterocycles. The summed E-state index contributed by atoms with van der Waals surface area (Å²) in [6, 6.07) is 0. The van der Waals surface area contributed by atoms with Gasteiger partial charge in [0.2, 0.25) is 0 Å². The van der Waals surface area contributed by atoms with E-state index in [4.69, 9.17) is 0 Å². The monoisotopic (exact) mass is 286 g/mol. The molecule has 0 unspecified atom stereocenters. The molecule has 5 nitrogen and oxygen atoms in total. The number of nitrogens with zero attached hydrogens (tertiary/aromatic N) is 3. The van der Waals surface area contributed by atoms with Crippen LogP contribution in [0.25, 0.3) is 21.6 Å². The fourth-order valence-corrected chi connectivity index (χ4v) is 4.11. The average molecular weight is 286 g/mol. The number of H-pyrrole nitrogens is 1. The lowest BCUT2D eigenvalue weighted by Gasteiger charge is -2.09. The largest absolute Gasteiger partial charge is 0.306 e. The van der Waals surface area contributed by atoms with E-state index in [1.165, 1.54) is 23.3 Å². The van der Waals surface area contributed by atoms with Crippen molar-refractivity contribution < 1.29 is 0 Å². The van der Waals surface area contributed by atoms with Gasteiger partial charge in [-0.25, -0.2) is 4.98 Å². The summed E-state index contributed by atoms with van der Waals surface area (Å²) in [6.07, 6.45) is 8.05. The summed E-state index contributed by atoms with van der Waals surface area (Å²) in [5, 5.41) is 4.93.